The maximum atomic E-state index is 12.5. The Hall–Kier alpha value is -2.21. The van der Waals surface area contributed by atoms with Crippen LogP contribution in [0.4, 0.5) is 5.69 Å². The van der Waals surface area contributed by atoms with Gasteiger partial charge in [0.15, 0.2) is 0 Å². The smallest absolute Gasteiger partial charge is 0.309 e. The lowest BCUT2D eigenvalue weighted by atomic mass is 10.0. The number of hydrogen-bond donors (Lipinski definition) is 1. The fraction of sp³-hybridized carbons (Fsp3) is 0.312. The van der Waals surface area contributed by atoms with E-state index in [4.69, 9.17) is 5.11 Å². The molecule has 1 N–H and O–H groups in total. The van der Waals surface area contributed by atoms with Crippen molar-refractivity contribution in [3.8, 4) is 0 Å². The number of nitrogens with zero attached hydrogens (tertiary/aromatic N) is 2. The SMILES string of the molecule is O=C(O)Cc1csc(CC(=O)N2CCCc3ccccc32)n1. The molecule has 0 unspecified atom stereocenters. The van der Waals surface area contributed by atoms with Crippen LogP contribution in [0.25, 0.3) is 0 Å². The molecule has 0 radical (unpaired) electrons. The number of fused-ring (bicyclic) bond motifs is 1. The van der Waals surface area contributed by atoms with Gasteiger partial charge in [-0.2, -0.15) is 0 Å². The van der Waals surface area contributed by atoms with E-state index in [1.54, 1.807) is 5.38 Å². The maximum Gasteiger partial charge on any atom is 0.309 e. The van der Waals surface area contributed by atoms with Gasteiger partial charge in [-0.3, -0.25) is 9.59 Å². The topological polar surface area (TPSA) is 70.5 Å². The van der Waals surface area contributed by atoms with E-state index in [0.29, 0.717) is 10.7 Å². The average Bonchev–Trinajstić information content (AvgIpc) is 2.92. The number of carbonyl (C=O) groups is 2. The summed E-state index contributed by atoms with van der Waals surface area (Å²) in [6, 6.07) is 7.97. The Bertz CT molecular complexity index is 711. The van der Waals surface area contributed by atoms with Crippen LogP contribution in [-0.4, -0.2) is 28.5 Å². The molecule has 3 rings (SSSR count). The van der Waals surface area contributed by atoms with Crippen LogP contribution in [-0.2, 0) is 28.9 Å². The number of amides is 1. The summed E-state index contributed by atoms with van der Waals surface area (Å²) < 4.78 is 0. The van der Waals surface area contributed by atoms with Gasteiger partial charge in [-0.1, -0.05) is 18.2 Å². The summed E-state index contributed by atoms with van der Waals surface area (Å²) >= 11 is 1.34. The second-order valence-corrected chi connectivity index (χ2v) is 6.20. The molecule has 114 valence electrons. The maximum absolute atomic E-state index is 12.5. The van der Waals surface area contributed by atoms with Gasteiger partial charge < -0.3 is 10.0 Å². The number of anilines is 1. The Kier molecular flexibility index (Phi) is 4.20. The zero-order valence-corrected chi connectivity index (χ0v) is 12.8. The Labute approximate surface area is 132 Å². The first kappa shape index (κ1) is 14.7. The minimum atomic E-state index is -0.909. The van der Waals surface area contributed by atoms with Crippen molar-refractivity contribution in [1.29, 1.82) is 0 Å². The molecular weight excluding hydrogens is 300 g/mol. The largest absolute Gasteiger partial charge is 0.481 e. The number of aromatic nitrogens is 1. The van der Waals surface area contributed by atoms with Crippen molar-refractivity contribution in [2.45, 2.75) is 25.7 Å². The molecule has 1 aliphatic heterocycles. The lowest BCUT2D eigenvalue weighted by Gasteiger charge is -2.29. The number of aliphatic carboxylic acids is 1. The summed E-state index contributed by atoms with van der Waals surface area (Å²) in [6.07, 6.45) is 2.08. The third-order valence-electron chi connectivity index (χ3n) is 3.65. The van der Waals surface area contributed by atoms with Crippen LogP contribution in [0.15, 0.2) is 29.6 Å². The van der Waals surface area contributed by atoms with Gasteiger partial charge >= 0.3 is 5.97 Å². The summed E-state index contributed by atoms with van der Waals surface area (Å²) in [5, 5.41) is 11.1. The summed E-state index contributed by atoms with van der Waals surface area (Å²) in [7, 11) is 0. The highest BCUT2D eigenvalue weighted by Gasteiger charge is 2.23. The third kappa shape index (κ3) is 3.17. The first-order chi connectivity index (χ1) is 10.6. The minimum absolute atomic E-state index is 0.0170. The Balaban J connectivity index is 1.73. The summed E-state index contributed by atoms with van der Waals surface area (Å²) in [4.78, 5) is 29.3. The second kappa shape index (κ2) is 6.27. The molecule has 5 nitrogen and oxygen atoms in total. The molecular formula is C16H16N2O3S. The average molecular weight is 316 g/mol. The molecule has 0 atom stereocenters. The van der Waals surface area contributed by atoms with E-state index in [9.17, 15) is 9.59 Å². The van der Waals surface area contributed by atoms with Gasteiger partial charge in [-0.05, 0) is 24.5 Å². The molecule has 1 aliphatic rings. The van der Waals surface area contributed by atoms with E-state index in [2.05, 4.69) is 11.1 Å². The van der Waals surface area contributed by atoms with E-state index in [0.717, 1.165) is 25.1 Å². The van der Waals surface area contributed by atoms with Crippen molar-refractivity contribution in [3.63, 3.8) is 0 Å². The van der Waals surface area contributed by atoms with Gasteiger partial charge in [0.1, 0.15) is 5.01 Å². The van der Waals surface area contributed by atoms with Crippen LogP contribution in [0, 0.1) is 0 Å². The van der Waals surface area contributed by atoms with Crippen molar-refractivity contribution in [3.05, 3.63) is 45.9 Å². The molecule has 1 amide bonds. The van der Waals surface area contributed by atoms with Crippen LogP contribution >= 0.6 is 11.3 Å². The highest BCUT2D eigenvalue weighted by atomic mass is 32.1. The molecule has 22 heavy (non-hydrogen) atoms. The van der Waals surface area contributed by atoms with Crippen molar-refractivity contribution in [2.24, 2.45) is 0 Å². The Morgan fingerprint density at radius 2 is 2.09 bits per heavy atom. The van der Waals surface area contributed by atoms with Gasteiger partial charge in [0.2, 0.25) is 5.91 Å². The normalized spacial score (nSPS) is 13.7. The number of rotatable bonds is 4. The van der Waals surface area contributed by atoms with E-state index >= 15 is 0 Å². The standard InChI is InChI=1S/C16H16N2O3S/c19-15(9-14-17-12(10-22-14)8-16(20)21)18-7-3-5-11-4-1-2-6-13(11)18/h1-2,4,6,10H,3,5,7-9H2,(H,20,21). The Morgan fingerprint density at radius 3 is 2.91 bits per heavy atom. The fourth-order valence-electron chi connectivity index (χ4n) is 2.68. The molecule has 0 saturated heterocycles. The van der Waals surface area contributed by atoms with Crippen LogP contribution in [0.2, 0.25) is 0 Å². The zero-order valence-electron chi connectivity index (χ0n) is 12.0. The molecule has 6 heteroatoms. The molecule has 2 aromatic rings. The molecule has 2 heterocycles. The van der Waals surface area contributed by atoms with Crippen molar-refractivity contribution >= 4 is 28.9 Å². The number of carboxylic acid groups (broad SMARTS) is 1. The van der Waals surface area contributed by atoms with Crippen LogP contribution < -0.4 is 4.90 Å². The molecule has 0 fully saturated rings. The van der Waals surface area contributed by atoms with E-state index in [-0.39, 0.29) is 18.7 Å². The lowest BCUT2D eigenvalue weighted by molar-refractivity contribution is -0.136. The highest BCUT2D eigenvalue weighted by molar-refractivity contribution is 7.09. The van der Waals surface area contributed by atoms with Crippen LogP contribution in [0.3, 0.4) is 0 Å². The van der Waals surface area contributed by atoms with Crippen LogP contribution in [0.5, 0.6) is 0 Å². The summed E-state index contributed by atoms with van der Waals surface area (Å²) in [6.45, 7) is 0.725. The number of carbonyl (C=O) groups excluding carboxylic acids is 1. The van der Waals surface area contributed by atoms with Crippen molar-refractivity contribution in [2.75, 3.05) is 11.4 Å². The number of carboxylic acids is 1. The van der Waals surface area contributed by atoms with Crippen LogP contribution in [0.1, 0.15) is 22.7 Å². The van der Waals surface area contributed by atoms with E-state index in [1.165, 1.54) is 16.9 Å². The summed E-state index contributed by atoms with van der Waals surface area (Å²) in [5.41, 5.74) is 2.70. The predicted molar refractivity (Wildman–Crippen MR) is 84.3 cm³/mol. The number of para-hydroxylation sites is 1. The summed E-state index contributed by atoms with van der Waals surface area (Å²) in [5.74, 6) is -0.892. The van der Waals surface area contributed by atoms with Crippen molar-refractivity contribution in [1.82, 2.24) is 4.98 Å². The fourth-order valence-corrected chi connectivity index (χ4v) is 3.47. The van der Waals surface area contributed by atoms with Gasteiger partial charge in [0.25, 0.3) is 0 Å². The first-order valence-electron chi connectivity index (χ1n) is 7.17. The molecule has 0 bridgehead atoms. The van der Waals surface area contributed by atoms with Gasteiger partial charge in [-0.25, -0.2) is 4.98 Å². The molecule has 1 aromatic heterocycles. The monoisotopic (exact) mass is 316 g/mol. The Morgan fingerprint density at radius 1 is 1.27 bits per heavy atom. The molecule has 0 aliphatic carbocycles. The second-order valence-electron chi connectivity index (χ2n) is 5.26. The molecule has 0 saturated carbocycles. The van der Waals surface area contributed by atoms with E-state index in [1.807, 2.05) is 23.1 Å². The van der Waals surface area contributed by atoms with Crippen molar-refractivity contribution < 1.29 is 14.7 Å². The minimum Gasteiger partial charge on any atom is -0.481 e. The number of thiazole rings is 1. The zero-order chi connectivity index (χ0) is 15.5. The van der Waals surface area contributed by atoms with Gasteiger partial charge in [0.05, 0.1) is 18.5 Å². The van der Waals surface area contributed by atoms with Gasteiger partial charge in [-0.15, -0.1) is 11.3 Å². The first-order valence-corrected chi connectivity index (χ1v) is 8.05. The van der Waals surface area contributed by atoms with E-state index < -0.39 is 5.97 Å². The number of aryl methyl sites for hydroxylation is 1. The van der Waals surface area contributed by atoms with Gasteiger partial charge in [0, 0.05) is 17.6 Å². The predicted octanol–water partition coefficient (Wildman–Crippen LogP) is 2.29. The lowest BCUT2D eigenvalue weighted by Crippen LogP contribution is -2.36. The molecule has 0 spiro atoms. The quantitative estimate of drug-likeness (QED) is 0.939. The number of benzene rings is 1. The number of hydrogen-bond acceptors (Lipinski definition) is 4. The molecule has 1 aromatic carbocycles. The highest BCUT2D eigenvalue weighted by Crippen LogP contribution is 2.27. The third-order valence-corrected chi connectivity index (χ3v) is 4.54.